The van der Waals surface area contributed by atoms with Crippen molar-refractivity contribution < 1.29 is 26.7 Å². The summed E-state index contributed by atoms with van der Waals surface area (Å²) in [5.74, 6) is 0.0415. The molecule has 0 aromatic heterocycles. The van der Waals surface area contributed by atoms with Crippen LogP contribution in [0.2, 0.25) is 0 Å². The molecule has 0 saturated heterocycles. The maximum absolute atomic E-state index is 11.5. The molecular weight excluding hydrogens is 479 g/mol. The molecule has 4 rings (SSSR count). The van der Waals surface area contributed by atoms with Crippen LogP contribution in [0.4, 0.5) is 0 Å². The maximum atomic E-state index is 11.5. The van der Waals surface area contributed by atoms with Crippen molar-refractivity contribution in [3.8, 4) is 11.5 Å². The normalized spacial score (nSPS) is 10.6. The fourth-order valence-electron chi connectivity index (χ4n) is 3.20. The molecule has 0 spiro atoms. The van der Waals surface area contributed by atoms with E-state index >= 15 is 0 Å². The summed E-state index contributed by atoms with van der Waals surface area (Å²) >= 11 is 0. The third kappa shape index (κ3) is 9.60. The summed E-state index contributed by atoms with van der Waals surface area (Å²) in [6.45, 7) is 5.14. The SMILES string of the molecule is Cc1ccc([O-])c(C=NCc2ccccc2)c1.Cc1ccc([O-])c(C=NCc2ccccc2)c1.[Ni+2]. The zero-order chi connectivity index (χ0) is 24.2. The van der Waals surface area contributed by atoms with E-state index in [0.29, 0.717) is 24.2 Å². The van der Waals surface area contributed by atoms with E-state index in [2.05, 4.69) is 9.98 Å². The van der Waals surface area contributed by atoms with Crippen molar-refractivity contribution in [1.82, 2.24) is 0 Å². The van der Waals surface area contributed by atoms with E-state index in [1.54, 1.807) is 24.6 Å². The average molecular weight is 507 g/mol. The molecule has 0 heterocycles. The summed E-state index contributed by atoms with van der Waals surface area (Å²) in [4.78, 5) is 8.58. The summed E-state index contributed by atoms with van der Waals surface area (Å²) in [6, 6.07) is 30.5. The van der Waals surface area contributed by atoms with Crippen LogP contribution in [0.15, 0.2) is 107 Å². The quantitative estimate of drug-likeness (QED) is 0.260. The van der Waals surface area contributed by atoms with Gasteiger partial charge < -0.3 is 10.2 Å². The predicted molar refractivity (Wildman–Crippen MR) is 137 cm³/mol. The van der Waals surface area contributed by atoms with Crippen LogP contribution < -0.4 is 10.2 Å². The van der Waals surface area contributed by atoms with Gasteiger partial charge in [-0.05, 0) is 36.1 Å². The van der Waals surface area contributed by atoms with Crippen molar-refractivity contribution in [1.29, 1.82) is 0 Å². The second-order valence-corrected chi connectivity index (χ2v) is 7.99. The molecule has 0 saturated carbocycles. The zero-order valence-electron chi connectivity index (χ0n) is 19.8. The first-order valence-electron chi connectivity index (χ1n) is 11.1. The van der Waals surface area contributed by atoms with Gasteiger partial charge in [-0.1, -0.05) is 108 Å². The number of benzene rings is 4. The molecule has 0 aliphatic carbocycles. The van der Waals surface area contributed by atoms with Gasteiger partial charge in [0, 0.05) is 12.4 Å². The van der Waals surface area contributed by atoms with E-state index < -0.39 is 0 Å². The Bertz CT molecular complexity index is 1140. The van der Waals surface area contributed by atoms with Gasteiger partial charge in [0.05, 0.1) is 13.1 Å². The Labute approximate surface area is 217 Å². The minimum absolute atomic E-state index is 0. The molecule has 0 bridgehead atoms. The van der Waals surface area contributed by atoms with E-state index in [1.165, 1.54) is 0 Å². The molecule has 180 valence electrons. The van der Waals surface area contributed by atoms with Crippen LogP contribution in [-0.4, -0.2) is 12.4 Å². The number of rotatable bonds is 6. The van der Waals surface area contributed by atoms with Crippen LogP contribution in [0.3, 0.4) is 0 Å². The van der Waals surface area contributed by atoms with E-state index in [9.17, 15) is 10.2 Å². The van der Waals surface area contributed by atoms with Crippen LogP contribution in [0, 0.1) is 13.8 Å². The molecule has 4 nitrogen and oxygen atoms in total. The Kier molecular flexibility index (Phi) is 11.5. The Morgan fingerprint density at radius 3 is 1.31 bits per heavy atom. The van der Waals surface area contributed by atoms with Crippen molar-refractivity contribution in [2.45, 2.75) is 26.9 Å². The molecule has 0 radical (unpaired) electrons. The Hall–Kier alpha value is -3.69. The Balaban J connectivity index is 0.000000240. The summed E-state index contributed by atoms with van der Waals surface area (Å²) in [7, 11) is 0. The number of nitrogens with zero attached hydrogens (tertiary/aromatic N) is 2. The van der Waals surface area contributed by atoms with Crippen molar-refractivity contribution in [3.63, 3.8) is 0 Å². The summed E-state index contributed by atoms with van der Waals surface area (Å²) in [5.41, 5.74) is 5.74. The molecule has 0 aliphatic heterocycles. The molecule has 0 amide bonds. The molecule has 0 unspecified atom stereocenters. The van der Waals surface area contributed by atoms with E-state index in [0.717, 1.165) is 22.3 Å². The van der Waals surface area contributed by atoms with Crippen LogP contribution in [-0.2, 0) is 29.6 Å². The second kappa shape index (κ2) is 14.5. The Morgan fingerprint density at radius 1 is 0.571 bits per heavy atom. The van der Waals surface area contributed by atoms with E-state index in [4.69, 9.17) is 0 Å². The number of hydrogen-bond acceptors (Lipinski definition) is 4. The molecule has 4 aromatic rings. The number of aliphatic imine (C=N–C) groups is 2. The van der Waals surface area contributed by atoms with Gasteiger partial charge in [-0.3, -0.25) is 9.98 Å². The maximum Gasteiger partial charge on any atom is 2.00 e. The van der Waals surface area contributed by atoms with Gasteiger partial charge >= 0.3 is 16.5 Å². The average Bonchev–Trinajstić information content (AvgIpc) is 2.85. The number of hydrogen-bond donors (Lipinski definition) is 0. The summed E-state index contributed by atoms with van der Waals surface area (Å²) in [5, 5.41) is 23.0. The first-order valence-corrected chi connectivity index (χ1v) is 11.1. The summed E-state index contributed by atoms with van der Waals surface area (Å²) in [6.07, 6.45) is 3.31. The first-order chi connectivity index (χ1) is 16.5. The molecule has 0 atom stereocenters. The van der Waals surface area contributed by atoms with Gasteiger partial charge in [-0.15, -0.1) is 11.5 Å². The zero-order valence-corrected chi connectivity index (χ0v) is 20.8. The van der Waals surface area contributed by atoms with Crippen LogP contribution >= 0.6 is 0 Å². The van der Waals surface area contributed by atoms with E-state index in [-0.39, 0.29) is 28.0 Å². The Morgan fingerprint density at radius 2 is 0.943 bits per heavy atom. The van der Waals surface area contributed by atoms with Crippen molar-refractivity contribution >= 4 is 12.4 Å². The van der Waals surface area contributed by atoms with Gasteiger partial charge in [0.1, 0.15) is 0 Å². The van der Waals surface area contributed by atoms with Crippen molar-refractivity contribution in [2.24, 2.45) is 9.98 Å². The van der Waals surface area contributed by atoms with Gasteiger partial charge in [-0.2, -0.15) is 0 Å². The fourth-order valence-corrected chi connectivity index (χ4v) is 3.20. The predicted octanol–water partition coefficient (Wildman–Crippen LogP) is 5.37. The fraction of sp³-hybridized carbons (Fsp3) is 0.133. The molecule has 0 aliphatic rings. The standard InChI is InChI=1S/2C15H15NO.Ni/c2*1-12-7-8-15(17)14(9-12)11-16-10-13-5-3-2-4-6-13;/h2*2-9,11,17H,10H2,1H3;/q;;+2/p-2. The molecule has 35 heavy (non-hydrogen) atoms. The monoisotopic (exact) mass is 506 g/mol. The minimum atomic E-state index is 0. The van der Waals surface area contributed by atoms with Crippen LogP contribution in [0.5, 0.6) is 11.5 Å². The minimum Gasteiger partial charge on any atom is -0.872 e. The second-order valence-electron chi connectivity index (χ2n) is 7.99. The third-order valence-corrected chi connectivity index (χ3v) is 5.02. The molecule has 4 aromatic carbocycles. The van der Waals surface area contributed by atoms with Crippen molar-refractivity contribution in [2.75, 3.05) is 0 Å². The molecular formula is C30H28N2NiO2. The van der Waals surface area contributed by atoms with Crippen molar-refractivity contribution in [3.05, 3.63) is 130 Å². The molecule has 0 N–H and O–H groups in total. The van der Waals surface area contributed by atoms with Gasteiger partial charge in [0.15, 0.2) is 0 Å². The molecule has 0 fully saturated rings. The largest absolute Gasteiger partial charge is 2.00 e. The van der Waals surface area contributed by atoms with Gasteiger partial charge in [-0.25, -0.2) is 0 Å². The van der Waals surface area contributed by atoms with E-state index in [1.807, 2.05) is 98.8 Å². The summed E-state index contributed by atoms with van der Waals surface area (Å²) < 4.78 is 0. The smallest absolute Gasteiger partial charge is 0.872 e. The first kappa shape index (κ1) is 27.6. The van der Waals surface area contributed by atoms with Gasteiger partial charge in [0.25, 0.3) is 0 Å². The molecule has 5 heteroatoms. The van der Waals surface area contributed by atoms with Crippen LogP contribution in [0.1, 0.15) is 33.4 Å². The van der Waals surface area contributed by atoms with Crippen LogP contribution in [0.25, 0.3) is 0 Å². The van der Waals surface area contributed by atoms with Gasteiger partial charge in [0.2, 0.25) is 0 Å². The number of aryl methyl sites for hydroxylation is 2. The third-order valence-electron chi connectivity index (χ3n) is 5.02. The topological polar surface area (TPSA) is 70.8 Å².